The standard InChI is InChI=1S/C9H16N4OS3/c1-5(2)11-6(7(10)14)4-16-9-13-12-8(15-3)17-9/h5-6,11H,4H2,1-3H3,(H2,10,14). The summed E-state index contributed by atoms with van der Waals surface area (Å²) in [4.78, 5) is 11.2. The van der Waals surface area contributed by atoms with Crippen LogP contribution in [0.15, 0.2) is 8.68 Å². The van der Waals surface area contributed by atoms with Gasteiger partial charge in [0, 0.05) is 11.8 Å². The lowest BCUT2D eigenvalue weighted by Crippen LogP contribution is -2.46. The number of nitrogens with two attached hydrogens (primary N) is 1. The van der Waals surface area contributed by atoms with E-state index in [2.05, 4.69) is 15.5 Å². The molecule has 0 fully saturated rings. The number of amides is 1. The van der Waals surface area contributed by atoms with Crippen molar-refractivity contribution >= 4 is 40.8 Å². The number of nitrogens with one attached hydrogen (secondary N) is 1. The Hall–Kier alpha value is -0.310. The first-order chi connectivity index (χ1) is 8.02. The number of nitrogens with zero attached hydrogens (tertiary/aromatic N) is 2. The molecule has 0 aliphatic heterocycles. The first kappa shape index (κ1) is 14.7. The van der Waals surface area contributed by atoms with Crippen LogP contribution in [0.4, 0.5) is 0 Å². The molecule has 0 bridgehead atoms. The number of hydrogen-bond acceptors (Lipinski definition) is 7. The number of thioether (sulfide) groups is 2. The zero-order valence-corrected chi connectivity index (χ0v) is 12.4. The molecular weight excluding hydrogens is 276 g/mol. The molecule has 1 amide bonds. The van der Waals surface area contributed by atoms with Gasteiger partial charge in [0.1, 0.15) is 0 Å². The first-order valence-corrected chi connectivity index (χ1v) is 8.11. The second kappa shape index (κ2) is 7.20. The SMILES string of the molecule is CSc1nnc(SCC(NC(C)C)C(N)=O)s1. The van der Waals surface area contributed by atoms with Crippen molar-refractivity contribution in [3.05, 3.63) is 0 Å². The van der Waals surface area contributed by atoms with Crippen LogP contribution in [0.3, 0.4) is 0 Å². The molecular formula is C9H16N4OS3. The Labute approximate surface area is 113 Å². The van der Waals surface area contributed by atoms with Crippen LogP contribution in [-0.4, -0.2) is 40.2 Å². The fraction of sp³-hybridized carbons (Fsp3) is 0.667. The molecule has 0 spiro atoms. The predicted octanol–water partition coefficient (Wildman–Crippen LogP) is 1.20. The zero-order chi connectivity index (χ0) is 12.8. The molecule has 1 aromatic rings. The van der Waals surface area contributed by atoms with E-state index >= 15 is 0 Å². The quantitative estimate of drug-likeness (QED) is 0.735. The van der Waals surface area contributed by atoms with Crippen molar-refractivity contribution in [3.63, 3.8) is 0 Å². The van der Waals surface area contributed by atoms with Crippen LogP contribution in [-0.2, 0) is 4.79 Å². The Bertz CT molecular complexity index is 369. The molecule has 1 heterocycles. The van der Waals surface area contributed by atoms with Gasteiger partial charge in [-0.3, -0.25) is 4.79 Å². The minimum atomic E-state index is -0.333. The van der Waals surface area contributed by atoms with Crippen LogP contribution in [0.1, 0.15) is 13.8 Å². The normalized spacial score (nSPS) is 12.9. The van der Waals surface area contributed by atoms with Gasteiger partial charge >= 0.3 is 0 Å². The van der Waals surface area contributed by atoms with Crippen LogP contribution < -0.4 is 11.1 Å². The van der Waals surface area contributed by atoms with Gasteiger partial charge in [0.2, 0.25) is 5.91 Å². The Morgan fingerprint density at radius 1 is 1.47 bits per heavy atom. The summed E-state index contributed by atoms with van der Waals surface area (Å²) in [6.45, 7) is 3.97. The van der Waals surface area contributed by atoms with Crippen molar-refractivity contribution in [2.24, 2.45) is 5.73 Å². The lowest BCUT2D eigenvalue weighted by molar-refractivity contribution is -0.119. The summed E-state index contributed by atoms with van der Waals surface area (Å²) < 4.78 is 1.80. The van der Waals surface area contributed by atoms with Crippen molar-refractivity contribution < 1.29 is 4.79 Å². The summed E-state index contributed by atoms with van der Waals surface area (Å²) >= 11 is 4.60. The van der Waals surface area contributed by atoms with Crippen molar-refractivity contribution in [2.75, 3.05) is 12.0 Å². The van der Waals surface area contributed by atoms with E-state index in [9.17, 15) is 4.79 Å². The third-order valence-electron chi connectivity index (χ3n) is 1.81. The van der Waals surface area contributed by atoms with Gasteiger partial charge in [-0.25, -0.2) is 0 Å². The summed E-state index contributed by atoms with van der Waals surface area (Å²) in [6, 6.07) is -0.106. The maximum Gasteiger partial charge on any atom is 0.235 e. The number of hydrogen-bond donors (Lipinski definition) is 2. The highest BCUT2D eigenvalue weighted by Crippen LogP contribution is 2.27. The second-order valence-electron chi connectivity index (χ2n) is 3.63. The van der Waals surface area contributed by atoms with Gasteiger partial charge in [-0.2, -0.15) is 0 Å². The minimum absolute atomic E-state index is 0.226. The van der Waals surface area contributed by atoms with Gasteiger partial charge in [-0.1, -0.05) is 48.7 Å². The smallest absolute Gasteiger partial charge is 0.235 e. The van der Waals surface area contributed by atoms with Crippen molar-refractivity contribution in [1.29, 1.82) is 0 Å². The van der Waals surface area contributed by atoms with Crippen LogP contribution >= 0.6 is 34.9 Å². The topological polar surface area (TPSA) is 80.9 Å². The highest BCUT2D eigenvalue weighted by atomic mass is 32.2. The monoisotopic (exact) mass is 292 g/mol. The van der Waals surface area contributed by atoms with Crippen LogP contribution in [0.2, 0.25) is 0 Å². The zero-order valence-electron chi connectivity index (χ0n) is 9.97. The van der Waals surface area contributed by atoms with Gasteiger partial charge < -0.3 is 11.1 Å². The fourth-order valence-corrected chi connectivity index (χ4v) is 3.62. The molecule has 0 aromatic carbocycles. The van der Waals surface area contributed by atoms with Crippen LogP contribution in [0.5, 0.6) is 0 Å². The summed E-state index contributed by atoms with van der Waals surface area (Å²) in [5.74, 6) is 0.247. The van der Waals surface area contributed by atoms with E-state index < -0.39 is 0 Å². The van der Waals surface area contributed by atoms with Gasteiger partial charge in [-0.05, 0) is 6.26 Å². The number of aromatic nitrogens is 2. The summed E-state index contributed by atoms with van der Waals surface area (Å²) in [7, 11) is 0. The maximum atomic E-state index is 11.2. The van der Waals surface area contributed by atoms with E-state index in [-0.39, 0.29) is 18.0 Å². The molecule has 0 saturated heterocycles. The van der Waals surface area contributed by atoms with Crippen LogP contribution in [0, 0.1) is 0 Å². The molecule has 0 saturated carbocycles. The maximum absolute atomic E-state index is 11.2. The minimum Gasteiger partial charge on any atom is -0.368 e. The van der Waals surface area contributed by atoms with Gasteiger partial charge in [0.15, 0.2) is 8.68 Å². The van der Waals surface area contributed by atoms with Gasteiger partial charge in [0.05, 0.1) is 6.04 Å². The third-order valence-corrected chi connectivity index (χ3v) is 4.94. The molecule has 1 aromatic heterocycles. The molecule has 1 unspecified atom stereocenters. The molecule has 17 heavy (non-hydrogen) atoms. The summed E-state index contributed by atoms with van der Waals surface area (Å²) in [6.07, 6.45) is 1.96. The average molecular weight is 292 g/mol. The molecule has 0 aliphatic rings. The van der Waals surface area contributed by atoms with E-state index in [0.29, 0.717) is 5.75 Å². The van der Waals surface area contributed by atoms with E-state index in [1.54, 1.807) is 11.8 Å². The predicted molar refractivity (Wildman–Crippen MR) is 73.7 cm³/mol. The van der Waals surface area contributed by atoms with Gasteiger partial charge in [0.25, 0.3) is 0 Å². The average Bonchev–Trinajstić information content (AvgIpc) is 2.71. The largest absolute Gasteiger partial charge is 0.368 e. The van der Waals surface area contributed by atoms with Crippen LogP contribution in [0.25, 0.3) is 0 Å². The molecule has 1 rings (SSSR count). The summed E-state index contributed by atoms with van der Waals surface area (Å²) in [5.41, 5.74) is 5.33. The molecule has 0 aliphatic carbocycles. The molecule has 96 valence electrons. The Kier molecular flexibility index (Phi) is 6.24. The van der Waals surface area contributed by atoms with E-state index in [1.165, 1.54) is 23.1 Å². The first-order valence-electron chi connectivity index (χ1n) is 5.08. The molecule has 0 radical (unpaired) electrons. The molecule has 3 N–H and O–H groups in total. The van der Waals surface area contributed by atoms with Crippen molar-refractivity contribution in [2.45, 2.75) is 34.6 Å². The van der Waals surface area contributed by atoms with Gasteiger partial charge in [-0.15, -0.1) is 10.2 Å². The van der Waals surface area contributed by atoms with E-state index in [4.69, 9.17) is 5.73 Å². The molecule has 1 atom stereocenters. The Balaban J connectivity index is 2.48. The molecule has 5 nitrogen and oxygen atoms in total. The number of carbonyl (C=O) groups excluding carboxylic acids is 1. The summed E-state index contributed by atoms with van der Waals surface area (Å²) in [5, 5.41) is 11.1. The Morgan fingerprint density at radius 3 is 2.59 bits per heavy atom. The van der Waals surface area contributed by atoms with Crippen molar-refractivity contribution in [3.8, 4) is 0 Å². The number of rotatable bonds is 7. The number of carbonyl (C=O) groups is 1. The Morgan fingerprint density at radius 2 is 2.12 bits per heavy atom. The second-order valence-corrected chi connectivity index (χ2v) is 6.92. The lowest BCUT2D eigenvalue weighted by atomic mass is 10.3. The van der Waals surface area contributed by atoms with Crippen molar-refractivity contribution in [1.82, 2.24) is 15.5 Å². The molecule has 8 heteroatoms. The highest BCUT2D eigenvalue weighted by molar-refractivity contribution is 8.03. The number of primary amides is 1. The lowest BCUT2D eigenvalue weighted by Gasteiger charge is -2.16. The third kappa shape index (κ3) is 5.24. The fourth-order valence-electron chi connectivity index (χ4n) is 1.11. The highest BCUT2D eigenvalue weighted by Gasteiger charge is 2.17. The van der Waals surface area contributed by atoms with E-state index in [0.717, 1.165) is 8.68 Å². The van der Waals surface area contributed by atoms with E-state index in [1.807, 2.05) is 20.1 Å².